The number of amides is 2. The third-order valence-corrected chi connectivity index (χ3v) is 4.56. The molecule has 2 fully saturated rings. The molecule has 0 aromatic rings. The number of carbonyl (C=O) groups is 1. The predicted molar refractivity (Wildman–Crippen MR) is 75.9 cm³/mol. The van der Waals surface area contributed by atoms with Gasteiger partial charge in [0.2, 0.25) is 0 Å². The van der Waals surface area contributed by atoms with E-state index in [4.69, 9.17) is 0 Å². The summed E-state index contributed by atoms with van der Waals surface area (Å²) in [5.74, 6) is 1.86. The van der Waals surface area contributed by atoms with Crippen molar-refractivity contribution in [3.05, 3.63) is 0 Å². The smallest absolute Gasteiger partial charge is 0.317 e. The van der Waals surface area contributed by atoms with Crippen molar-refractivity contribution in [1.82, 2.24) is 10.2 Å². The average molecular weight is 268 g/mol. The number of carbonyl (C=O) groups excluding carboxylic acids is 1. The number of likely N-dealkylation sites (N-methyl/N-ethyl adjacent to an activating group) is 1. The van der Waals surface area contributed by atoms with Crippen molar-refractivity contribution in [2.45, 2.75) is 51.6 Å². The van der Waals surface area contributed by atoms with Crippen LogP contribution in [0.15, 0.2) is 0 Å². The Bertz CT molecular complexity index is 305. The minimum absolute atomic E-state index is 0.0436. The van der Waals surface area contributed by atoms with Gasteiger partial charge in [-0.15, -0.1) is 0 Å². The van der Waals surface area contributed by atoms with E-state index < -0.39 is 0 Å². The zero-order chi connectivity index (χ0) is 13.8. The van der Waals surface area contributed by atoms with Crippen molar-refractivity contribution in [3.63, 3.8) is 0 Å². The lowest BCUT2D eigenvalue weighted by molar-refractivity contribution is 0.113. The van der Waals surface area contributed by atoms with Gasteiger partial charge in [0.05, 0.1) is 6.10 Å². The van der Waals surface area contributed by atoms with E-state index in [1.165, 1.54) is 25.7 Å². The van der Waals surface area contributed by atoms with Gasteiger partial charge in [-0.05, 0) is 43.4 Å². The van der Waals surface area contributed by atoms with E-state index in [-0.39, 0.29) is 12.1 Å². The molecule has 110 valence electrons. The summed E-state index contributed by atoms with van der Waals surface area (Å²) >= 11 is 0. The van der Waals surface area contributed by atoms with Crippen molar-refractivity contribution >= 4 is 6.03 Å². The fraction of sp³-hybridized carbons (Fsp3) is 0.933. The largest absolute Gasteiger partial charge is 0.391 e. The molecule has 0 spiro atoms. The van der Waals surface area contributed by atoms with Gasteiger partial charge < -0.3 is 15.3 Å². The van der Waals surface area contributed by atoms with Gasteiger partial charge in [0.1, 0.15) is 0 Å². The van der Waals surface area contributed by atoms with E-state index in [1.54, 1.807) is 11.9 Å². The number of hydrogen-bond donors (Lipinski definition) is 2. The van der Waals surface area contributed by atoms with Crippen LogP contribution in [-0.4, -0.2) is 42.3 Å². The monoisotopic (exact) mass is 268 g/mol. The first-order valence-electron chi connectivity index (χ1n) is 7.73. The lowest BCUT2D eigenvalue weighted by Crippen LogP contribution is -2.43. The second kappa shape index (κ2) is 6.60. The second-order valence-electron chi connectivity index (χ2n) is 6.61. The Hall–Kier alpha value is -0.770. The summed E-state index contributed by atoms with van der Waals surface area (Å²) in [7, 11) is 1.77. The van der Waals surface area contributed by atoms with Crippen molar-refractivity contribution in [1.29, 1.82) is 0 Å². The van der Waals surface area contributed by atoms with Crippen LogP contribution in [0, 0.1) is 17.8 Å². The van der Waals surface area contributed by atoms with E-state index in [9.17, 15) is 9.90 Å². The molecule has 19 heavy (non-hydrogen) atoms. The minimum atomic E-state index is -0.342. The summed E-state index contributed by atoms with van der Waals surface area (Å²) in [5.41, 5.74) is 0. The molecule has 2 amide bonds. The number of hydrogen-bond acceptors (Lipinski definition) is 2. The molecule has 2 aliphatic rings. The highest BCUT2D eigenvalue weighted by molar-refractivity contribution is 5.73. The average Bonchev–Trinajstić information content (AvgIpc) is 3.20. The molecule has 2 rings (SSSR count). The summed E-state index contributed by atoms with van der Waals surface area (Å²) in [5, 5.41) is 12.9. The molecule has 0 heterocycles. The molecule has 0 aromatic carbocycles. The number of nitrogens with one attached hydrogen (secondary N) is 1. The molecule has 3 atom stereocenters. The molecule has 3 unspecified atom stereocenters. The zero-order valence-corrected chi connectivity index (χ0v) is 12.3. The maximum absolute atomic E-state index is 11.9. The lowest BCUT2D eigenvalue weighted by Gasteiger charge is -2.28. The molecule has 4 heteroatoms. The van der Waals surface area contributed by atoms with Gasteiger partial charge in [-0.1, -0.05) is 19.8 Å². The number of aliphatic hydroxyl groups excluding tert-OH is 1. The summed E-state index contributed by atoms with van der Waals surface area (Å²) < 4.78 is 0. The topological polar surface area (TPSA) is 52.6 Å². The molecular formula is C15H28N2O2. The highest BCUT2D eigenvalue weighted by Crippen LogP contribution is 2.32. The van der Waals surface area contributed by atoms with Crippen LogP contribution in [-0.2, 0) is 0 Å². The SMILES string of the molecule is CC1CCCC(CNC(=O)N(C)CC(O)C2CC2)C1. The normalized spacial score (nSPS) is 28.8. The van der Waals surface area contributed by atoms with E-state index in [0.717, 1.165) is 25.3 Å². The first-order chi connectivity index (χ1) is 9.06. The number of nitrogens with zero attached hydrogens (tertiary/aromatic N) is 1. The maximum Gasteiger partial charge on any atom is 0.317 e. The van der Waals surface area contributed by atoms with E-state index in [1.807, 2.05) is 0 Å². The first kappa shape index (κ1) is 14.6. The van der Waals surface area contributed by atoms with Crippen LogP contribution >= 0.6 is 0 Å². The Morgan fingerprint density at radius 3 is 2.74 bits per heavy atom. The Morgan fingerprint density at radius 2 is 2.11 bits per heavy atom. The molecule has 0 bridgehead atoms. The number of urea groups is 1. The molecule has 0 aliphatic heterocycles. The third-order valence-electron chi connectivity index (χ3n) is 4.56. The Kier molecular flexibility index (Phi) is 5.08. The van der Waals surface area contributed by atoms with Gasteiger partial charge in [-0.25, -0.2) is 4.79 Å². The van der Waals surface area contributed by atoms with Gasteiger partial charge in [-0.2, -0.15) is 0 Å². The van der Waals surface area contributed by atoms with E-state index in [0.29, 0.717) is 18.4 Å². The van der Waals surface area contributed by atoms with Crippen LogP contribution in [0.3, 0.4) is 0 Å². The van der Waals surface area contributed by atoms with Crippen LogP contribution < -0.4 is 5.32 Å². The van der Waals surface area contributed by atoms with Crippen LogP contribution in [0.4, 0.5) is 4.79 Å². The zero-order valence-electron chi connectivity index (χ0n) is 12.3. The van der Waals surface area contributed by atoms with Crippen molar-refractivity contribution in [2.24, 2.45) is 17.8 Å². The molecule has 0 radical (unpaired) electrons. The highest BCUT2D eigenvalue weighted by atomic mass is 16.3. The summed E-state index contributed by atoms with van der Waals surface area (Å²) in [4.78, 5) is 13.6. The highest BCUT2D eigenvalue weighted by Gasteiger charge is 2.31. The molecule has 4 nitrogen and oxygen atoms in total. The Balaban J connectivity index is 1.65. The molecule has 0 aromatic heterocycles. The Morgan fingerprint density at radius 1 is 1.37 bits per heavy atom. The van der Waals surface area contributed by atoms with Crippen LogP contribution in [0.1, 0.15) is 45.4 Å². The van der Waals surface area contributed by atoms with Gasteiger partial charge in [0.15, 0.2) is 0 Å². The van der Waals surface area contributed by atoms with Crippen molar-refractivity contribution in [2.75, 3.05) is 20.1 Å². The molecule has 2 N–H and O–H groups in total. The maximum atomic E-state index is 11.9. The van der Waals surface area contributed by atoms with Gasteiger partial charge in [-0.3, -0.25) is 0 Å². The van der Waals surface area contributed by atoms with Gasteiger partial charge in [0, 0.05) is 20.1 Å². The predicted octanol–water partition coefficient (Wildman–Crippen LogP) is 2.22. The lowest BCUT2D eigenvalue weighted by atomic mass is 9.82. The minimum Gasteiger partial charge on any atom is -0.391 e. The fourth-order valence-electron chi connectivity index (χ4n) is 3.11. The van der Waals surface area contributed by atoms with Gasteiger partial charge >= 0.3 is 6.03 Å². The molecule has 2 aliphatic carbocycles. The third kappa shape index (κ3) is 4.68. The van der Waals surface area contributed by atoms with Crippen LogP contribution in [0.25, 0.3) is 0 Å². The van der Waals surface area contributed by atoms with Crippen LogP contribution in [0.5, 0.6) is 0 Å². The molecular weight excluding hydrogens is 240 g/mol. The Labute approximate surface area is 116 Å². The number of rotatable bonds is 5. The summed E-state index contributed by atoms with van der Waals surface area (Å²) in [6.45, 7) is 3.54. The number of aliphatic hydroxyl groups is 1. The molecule has 2 saturated carbocycles. The van der Waals surface area contributed by atoms with E-state index >= 15 is 0 Å². The first-order valence-corrected chi connectivity index (χ1v) is 7.73. The summed E-state index contributed by atoms with van der Waals surface area (Å²) in [6.07, 6.45) is 6.96. The van der Waals surface area contributed by atoms with Gasteiger partial charge in [0.25, 0.3) is 0 Å². The van der Waals surface area contributed by atoms with Crippen molar-refractivity contribution in [3.8, 4) is 0 Å². The van der Waals surface area contributed by atoms with Crippen LogP contribution in [0.2, 0.25) is 0 Å². The fourth-order valence-corrected chi connectivity index (χ4v) is 3.11. The van der Waals surface area contributed by atoms with Crippen molar-refractivity contribution < 1.29 is 9.90 Å². The summed E-state index contributed by atoms with van der Waals surface area (Å²) in [6, 6.07) is -0.0436. The molecule has 0 saturated heterocycles. The quantitative estimate of drug-likeness (QED) is 0.803. The second-order valence-corrected chi connectivity index (χ2v) is 6.61. The standard InChI is InChI=1S/C15H28N2O2/c1-11-4-3-5-12(8-11)9-16-15(19)17(2)10-14(18)13-6-7-13/h11-14,18H,3-10H2,1-2H3,(H,16,19). The van der Waals surface area contributed by atoms with E-state index in [2.05, 4.69) is 12.2 Å².